The van der Waals surface area contributed by atoms with E-state index in [1.54, 1.807) is 0 Å². The summed E-state index contributed by atoms with van der Waals surface area (Å²) in [4.78, 5) is 5.39. The average Bonchev–Trinajstić information content (AvgIpc) is 2.46. The van der Waals surface area contributed by atoms with Crippen molar-refractivity contribution < 1.29 is 0 Å². The standard InChI is InChI=1S/C15H31N3S/c1-4-14-12-16-15(3,5-2)13-18(14)7-6-17-8-10-19-11-9-17/h14,16H,4-13H2,1-3H3. The summed E-state index contributed by atoms with van der Waals surface area (Å²) >= 11 is 2.10. The number of rotatable bonds is 5. The first-order valence-electron chi connectivity index (χ1n) is 7.96. The predicted octanol–water partition coefficient (Wildman–Crippen LogP) is 1.89. The number of hydrogen-bond donors (Lipinski definition) is 1. The van der Waals surface area contributed by atoms with E-state index in [1.807, 2.05) is 0 Å². The van der Waals surface area contributed by atoms with Crippen LogP contribution in [-0.4, -0.2) is 72.2 Å². The molecule has 4 heteroatoms. The second-order valence-electron chi connectivity index (χ2n) is 6.28. The Morgan fingerprint density at radius 1 is 1.21 bits per heavy atom. The fraction of sp³-hybridized carbons (Fsp3) is 1.00. The van der Waals surface area contributed by atoms with Crippen molar-refractivity contribution in [3.8, 4) is 0 Å². The van der Waals surface area contributed by atoms with E-state index < -0.39 is 0 Å². The summed E-state index contributed by atoms with van der Waals surface area (Å²) in [5, 5.41) is 3.76. The lowest BCUT2D eigenvalue weighted by Crippen LogP contribution is -2.63. The van der Waals surface area contributed by atoms with Gasteiger partial charge in [0.2, 0.25) is 0 Å². The first kappa shape index (κ1) is 15.6. The number of nitrogens with one attached hydrogen (secondary N) is 1. The van der Waals surface area contributed by atoms with E-state index in [2.05, 4.69) is 47.6 Å². The van der Waals surface area contributed by atoms with Crippen molar-refractivity contribution in [1.82, 2.24) is 15.1 Å². The molecule has 0 aromatic carbocycles. The zero-order valence-corrected chi connectivity index (χ0v) is 13.8. The summed E-state index contributed by atoms with van der Waals surface area (Å²) in [6.07, 6.45) is 2.49. The van der Waals surface area contributed by atoms with E-state index in [0.717, 1.165) is 12.6 Å². The third kappa shape index (κ3) is 4.35. The van der Waals surface area contributed by atoms with Crippen LogP contribution in [0.4, 0.5) is 0 Å². The maximum absolute atomic E-state index is 3.76. The maximum Gasteiger partial charge on any atom is 0.0278 e. The Hall–Kier alpha value is 0.230. The van der Waals surface area contributed by atoms with Gasteiger partial charge < -0.3 is 10.2 Å². The third-order valence-electron chi connectivity index (χ3n) is 4.89. The van der Waals surface area contributed by atoms with E-state index in [1.165, 1.54) is 57.1 Å². The first-order chi connectivity index (χ1) is 9.17. The van der Waals surface area contributed by atoms with Crippen LogP contribution in [0.3, 0.4) is 0 Å². The van der Waals surface area contributed by atoms with Crippen LogP contribution in [0.15, 0.2) is 0 Å². The molecule has 1 N–H and O–H groups in total. The van der Waals surface area contributed by atoms with Gasteiger partial charge in [0.1, 0.15) is 0 Å². The minimum absolute atomic E-state index is 0.323. The molecule has 112 valence electrons. The molecule has 0 aliphatic carbocycles. The topological polar surface area (TPSA) is 18.5 Å². The van der Waals surface area contributed by atoms with Gasteiger partial charge in [-0.05, 0) is 19.8 Å². The van der Waals surface area contributed by atoms with Crippen LogP contribution in [0.25, 0.3) is 0 Å². The highest BCUT2D eigenvalue weighted by Gasteiger charge is 2.33. The molecule has 2 atom stereocenters. The van der Waals surface area contributed by atoms with Crippen molar-refractivity contribution in [2.75, 3.05) is 50.8 Å². The molecule has 0 bridgehead atoms. The Bertz CT molecular complexity index is 268. The van der Waals surface area contributed by atoms with Crippen LogP contribution < -0.4 is 5.32 Å². The van der Waals surface area contributed by atoms with Gasteiger partial charge in [-0.15, -0.1) is 0 Å². The highest BCUT2D eigenvalue weighted by atomic mass is 32.2. The molecular weight excluding hydrogens is 254 g/mol. The molecule has 2 aliphatic heterocycles. The number of thioether (sulfide) groups is 1. The Balaban J connectivity index is 1.83. The van der Waals surface area contributed by atoms with E-state index in [-0.39, 0.29) is 0 Å². The van der Waals surface area contributed by atoms with Crippen LogP contribution in [0, 0.1) is 0 Å². The zero-order valence-electron chi connectivity index (χ0n) is 13.0. The van der Waals surface area contributed by atoms with Crippen LogP contribution in [0.1, 0.15) is 33.6 Å². The van der Waals surface area contributed by atoms with Crippen molar-refractivity contribution in [2.45, 2.75) is 45.2 Å². The highest BCUT2D eigenvalue weighted by Crippen LogP contribution is 2.20. The summed E-state index contributed by atoms with van der Waals surface area (Å²) in [6, 6.07) is 0.735. The molecule has 2 saturated heterocycles. The second-order valence-corrected chi connectivity index (χ2v) is 7.51. The van der Waals surface area contributed by atoms with Gasteiger partial charge in [0.25, 0.3) is 0 Å². The van der Waals surface area contributed by atoms with E-state index in [9.17, 15) is 0 Å². The van der Waals surface area contributed by atoms with E-state index >= 15 is 0 Å². The van der Waals surface area contributed by atoms with Gasteiger partial charge in [0, 0.05) is 62.4 Å². The van der Waals surface area contributed by atoms with Gasteiger partial charge in [-0.2, -0.15) is 11.8 Å². The van der Waals surface area contributed by atoms with Gasteiger partial charge in [-0.3, -0.25) is 4.90 Å². The molecule has 2 heterocycles. The second kappa shape index (κ2) is 7.30. The quantitative estimate of drug-likeness (QED) is 0.831. The molecule has 0 amide bonds. The highest BCUT2D eigenvalue weighted by molar-refractivity contribution is 7.99. The summed E-state index contributed by atoms with van der Waals surface area (Å²) in [6.45, 7) is 14.5. The normalized spacial score (nSPS) is 34.6. The van der Waals surface area contributed by atoms with Crippen LogP contribution >= 0.6 is 11.8 Å². The molecule has 19 heavy (non-hydrogen) atoms. The van der Waals surface area contributed by atoms with Gasteiger partial charge in [-0.25, -0.2) is 0 Å². The molecular formula is C15H31N3S. The largest absolute Gasteiger partial charge is 0.309 e. The lowest BCUT2D eigenvalue weighted by Gasteiger charge is -2.46. The lowest BCUT2D eigenvalue weighted by atomic mass is 9.93. The fourth-order valence-electron chi connectivity index (χ4n) is 3.12. The molecule has 2 unspecified atom stereocenters. The van der Waals surface area contributed by atoms with E-state index in [0.29, 0.717) is 5.54 Å². The van der Waals surface area contributed by atoms with Crippen molar-refractivity contribution in [3.63, 3.8) is 0 Å². The molecule has 0 aromatic heterocycles. The summed E-state index contributed by atoms with van der Waals surface area (Å²) in [7, 11) is 0. The number of piperazine rings is 1. The van der Waals surface area contributed by atoms with Crippen LogP contribution in [-0.2, 0) is 0 Å². The lowest BCUT2D eigenvalue weighted by molar-refractivity contribution is 0.0722. The van der Waals surface area contributed by atoms with Crippen molar-refractivity contribution in [2.24, 2.45) is 0 Å². The van der Waals surface area contributed by atoms with Crippen molar-refractivity contribution in [1.29, 1.82) is 0 Å². The average molecular weight is 286 g/mol. The predicted molar refractivity (Wildman–Crippen MR) is 86.1 cm³/mol. The molecule has 0 aromatic rings. The van der Waals surface area contributed by atoms with Gasteiger partial charge in [0.15, 0.2) is 0 Å². The Morgan fingerprint density at radius 2 is 1.95 bits per heavy atom. The Kier molecular flexibility index (Phi) is 6.00. The van der Waals surface area contributed by atoms with Crippen LogP contribution in [0.5, 0.6) is 0 Å². The first-order valence-corrected chi connectivity index (χ1v) is 9.11. The monoisotopic (exact) mass is 285 g/mol. The summed E-state index contributed by atoms with van der Waals surface area (Å²) in [5.74, 6) is 2.65. The van der Waals surface area contributed by atoms with Crippen LogP contribution in [0.2, 0.25) is 0 Å². The van der Waals surface area contributed by atoms with Crippen molar-refractivity contribution >= 4 is 11.8 Å². The summed E-state index contributed by atoms with van der Waals surface area (Å²) in [5.41, 5.74) is 0.323. The minimum Gasteiger partial charge on any atom is -0.309 e. The zero-order chi connectivity index (χ0) is 13.7. The van der Waals surface area contributed by atoms with Gasteiger partial charge in [-0.1, -0.05) is 13.8 Å². The third-order valence-corrected chi connectivity index (χ3v) is 5.83. The molecule has 3 nitrogen and oxygen atoms in total. The Morgan fingerprint density at radius 3 is 2.58 bits per heavy atom. The maximum atomic E-state index is 3.76. The smallest absolute Gasteiger partial charge is 0.0278 e. The molecule has 2 aliphatic rings. The van der Waals surface area contributed by atoms with Gasteiger partial charge >= 0.3 is 0 Å². The SMILES string of the molecule is CCC1CNC(C)(CC)CN1CCN1CCSCC1. The molecule has 0 spiro atoms. The number of nitrogens with zero attached hydrogens (tertiary/aromatic N) is 2. The van der Waals surface area contributed by atoms with Gasteiger partial charge in [0.05, 0.1) is 0 Å². The van der Waals surface area contributed by atoms with Crippen molar-refractivity contribution in [3.05, 3.63) is 0 Å². The number of hydrogen-bond acceptors (Lipinski definition) is 4. The minimum atomic E-state index is 0.323. The molecule has 2 fully saturated rings. The molecule has 0 saturated carbocycles. The molecule has 0 radical (unpaired) electrons. The Labute approximate surface area is 123 Å². The fourth-order valence-corrected chi connectivity index (χ4v) is 4.10. The molecule has 2 rings (SSSR count). The summed E-state index contributed by atoms with van der Waals surface area (Å²) < 4.78 is 0. The van der Waals surface area contributed by atoms with E-state index in [4.69, 9.17) is 0 Å².